The van der Waals surface area contributed by atoms with Gasteiger partial charge in [-0.25, -0.2) is 8.42 Å². The summed E-state index contributed by atoms with van der Waals surface area (Å²) in [5.74, 6) is -0.0246. The third kappa shape index (κ3) is 4.61. The lowest BCUT2D eigenvalue weighted by atomic mass is 10.1. The maximum Gasteiger partial charge on any atom is 0.253 e. The molecule has 0 spiro atoms. The van der Waals surface area contributed by atoms with Crippen molar-refractivity contribution in [2.75, 3.05) is 37.6 Å². The minimum Gasteiger partial charge on any atom is -0.336 e. The SMILES string of the molecule is O=C(c1ccc(N2CCCCC2=O)cc1)N1CCN(S(=O)(=O)c2ccc(Cl)cc2)CC1. The van der Waals surface area contributed by atoms with Crippen LogP contribution in [0.1, 0.15) is 29.6 Å². The molecule has 2 heterocycles. The summed E-state index contributed by atoms with van der Waals surface area (Å²) in [6.07, 6.45) is 2.46. The van der Waals surface area contributed by atoms with Gasteiger partial charge in [-0.3, -0.25) is 9.59 Å². The molecule has 2 saturated heterocycles. The normalized spacial score (nSPS) is 18.3. The predicted molar refractivity (Wildman–Crippen MR) is 119 cm³/mol. The molecule has 7 nitrogen and oxygen atoms in total. The second-order valence-electron chi connectivity index (χ2n) is 7.70. The number of carbonyl (C=O) groups is 2. The molecule has 2 aromatic carbocycles. The fourth-order valence-electron chi connectivity index (χ4n) is 3.93. The number of anilines is 1. The Morgan fingerprint density at radius 1 is 0.839 bits per heavy atom. The van der Waals surface area contributed by atoms with E-state index in [1.165, 1.54) is 16.4 Å². The van der Waals surface area contributed by atoms with Crippen molar-refractivity contribution in [3.05, 3.63) is 59.1 Å². The molecular formula is C22H24ClN3O4S. The second-order valence-corrected chi connectivity index (χ2v) is 10.1. The zero-order valence-corrected chi connectivity index (χ0v) is 18.6. The van der Waals surface area contributed by atoms with Crippen molar-refractivity contribution in [3.8, 4) is 0 Å². The van der Waals surface area contributed by atoms with E-state index in [4.69, 9.17) is 11.6 Å². The van der Waals surface area contributed by atoms with Crippen molar-refractivity contribution < 1.29 is 18.0 Å². The Bertz CT molecular complexity index is 1060. The summed E-state index contributed by atoms with van der Waals surface area (Å²) in [4.78, 5) is 28.6. The van der Waals surface area contributed by atoms with E-state index in [1.54, 1.807) is 46.2 Å². The van der Waals surface area contributed by atoms with Crippen molar-refractivity contribution in [2.24, 2.45) is 0 Å². The monoisotopic (exact) mass is 461 g/mol. The molecule has 2 fully saturated rings. The van der Waals surface area contributed by atoms with Crippen LogP contribution in [0.4, 0.5) is 5.69 Å². The molecule has 31 heavy (non-hydrogen) atoms. The zero-order valence-electron chi connectivity index (χ0n) is 17.0. The Morgan fingerprint density at radius 2 is 1.48 bits per heavy atom. The number of amides is 2. The molecule has 0 radical (unpaired) electrons. The molecule has 0 saturated carbocycles. The lowest BCUT2D eigenvalue weighted by molar-refractivity contribution is -0.119. The maximum absolute atomic E-state index is 12.9. The Hall–Kier alpha value is -2.42. The molecule has 0 atom stereocenters. The van der Waals surface area contributed by atoms with Gasteiger partial charge in [-0.05, 0) is 61.4 Å². The number of piperazine rings is 1. The van der Waals surface area contributed by atoms with E-state index in [9.17, 15) is 18.0 Å². The average Bonchev–Trinajstić information content (AvgIpc) is 2.79. The van der Waals surface area contributed by atoms with E-state index in [0.29, 0.717) is 36.6 Å². The molecule has 2 aliphatic rings. The van der Waals surface area contributed by atoms with Gasteiger partial charge in [0.2, 0.25) is 15.9 Å². The van der Waals surface area contributed by atoms with Crippen LogP contribution in [-0.2, 0) is 14.8 Å². The topological polar surface area (TPSA) is 78.0 Å². The van der Waals surface area contributed by atoms with Gasteiger partial charge in [0.25, 0.3) is 5.91 Å². The first-order chi connectivity index (χ1) is 14.9. The summed E-state index contributed by atoms with van der Waals surface area (Å²) in [7, 11) is -3.62. The van der Waals surface area contributed by atoms with Crippen LogP contribution in [0.5, 0.6) is 0 Å². The molecule has 164 valence electrons. The van der Waals surface area contributed by atoms with E-state index in [2.05, 4.69) is 0 Å². The molecule has 2 aromatic rings. The average molecular weight is 462 g/mol. The van der Waals surface area contributed by atoms with Gasteiger partial charge >= 0.3 is 0 Å². The highest BCUT2D eigenvalue weighted by molar-refractivity contribution is 7.89. The fraction of sp³-hybridized carbons (Fsp3) is 0.364. The summed E-state index contributed by atoms with van der Waals surface area (Å²) in [5.41, 5.74) is 1.34. The van der Waals surface area contributed by atoms with E-state index in [1.807, 2.05) is 0 Å². The van der Waals surface area contributed by atoms with Gasteiger partial charge in [0.05, 0.1) is 4.90 Å². The Kier molecular flexibility index (Phi) is 6.31. The Balaban J connectivity index is 1.39. The van der Waals surface area contributed by atoms with Crippen molar-refractivity contribution in [1.29, 1.82) is 0 Å². The summed E-state index contributed by atoms with van der Waals surface area (Å²) in [6, 6.07) is 13.2. The zero-order chi connectivity index (χ0) is 22.0. The molecular weight excluding hydrogens is 438 g/mol. The van der Waals surface area contributed by atoms with Crippen molar-refractivity contribution >= 4 is 39.1 Å². The third-order valence-electron chi connectivity index (χ3n) is 5.73. The number of hydrogen-bond acceptors (Lipinski definition) is 4. The molecule has 9 heteroatoms. The number of carbonyl (C=O) groups excluding carboxylic acids is 2. The van der Waals surface area contributed by atoms with Crippen LogP contribution in [0.3, 0.4) is 0 Å². The molecule has 2 amide bonds. The highest BCUT2D eigenvalue weighted by Gasteiger charge is 2.30. The lowest BCUT2D eigenvalue weighted by Crippen LogP contribution is -2.50. The van der Waals surface area contributed by atoms with Crippen LogP contribution < -0.4 is 4.90 Å². The standard InChI is InChI=1S/C22H24ClN3O4S/c23-18-6-10-20(11-7-18)31(29,30)25-15-13-24(14-16-25)22(28)17-4-8-19(9-5-17)26-12-2-1-3-21(26)27/h4-11H,1-3,12-16H2. The van der Waals surface area contributed by atoms with Crippen LogP contribution in [-0.4, -0.2) is 62.2 Å². The van der Waals surface area contributed by atoms with Gasteiger partial charge in [-0.1, -0.05) is 11.6 Å². The molecule has 0 unspecified atom stereocenters. The number of sulfonamides is 1. The number of halogens is 1. The van der Waals surface area contributed by atoms with E-state index >= 15 is 0 Å². The van der Waals surface area contributed by atoms with E-state index < -0.39 is 10.0 Å². The van der Waals surface area contributed by atoms with E-state index in [0.717, 1.165) is 18.5 Å². The summed E-state index contributed by atoms with van der Waals surface area (Å²) in [6.45, 7) is 1.81. The number of rotatable bonds is 4. The number of nitrogens with zero attached hydrogens (tertiary/aromatic N) is 3. The maximum atomic E-state index is 12.9. The van der Waals surface area contributed by atoms with Gasteiger partial charge in [-0.15, -0.1) is 0 Å². The van der Waals surface area contributed by atoms with Crippen molar-refractivity contribution in [2.45, 2.75) is 24.2 Å². The number of benzene rings is 2. The molecule has 4 rings (SSSR count). The van der Waals surface area contributed by atoms with Gasteiger partial charge in [0.15, 0.2) is 0 Å². The Morgan fingerprint density at radius 3 is 2.10 bits per heavy atom. The molecule has 2 aliphatic heterocycles. The van der Waals surface area contributed by atoms with Crippen molar-refractivity contribution in [1.82, 2.24) is 9.21 Å². The number of piperidine rings is 1. The molecule has 0 aromatic heterocycles. The van der Waals surface area contributed by atoms with Crippen LogP contribution >= 0.6 is 11.6 Å². The second kappa shape index (κ2) is 8.98. The molecule has 0 N–H and O–H groups in total. The quantitative estimate of drug-likeness (QED) is 0.701. The molecule has 0 bridgehead atoms. The van der Waals surface area contributed by atoms with Crippen molar-refractivity contribution in [3.63, 3.8) is 0 Å². The smallest absolute Gasteiger partial charge is 0.253 e. The lowest BCUT2D eigenvalue weighted by Gasteiger charge is -2.34. The third-order valence-corrected chi connectivity index (χ3v) is 7.89. The highest BCUT2D eigenvalue weighted by Crippen LogP contribution is 2.23. The van der Waals surface area contributed by atoms with Crippen LogP contribution in [0, 0.1) is 0 Å². The summed E-state index contributed by atoms with van der Waals surface area (Å²) >= 11 is 5.85. The summed E-state index contributed by atoms with van der Waals surface area (Å²) < 4.78 is 27.0. The first-order valence-electron chi connectivity index (χ1n) is 10.3. The van der Waals surface area contributed by atoms with Gasteiger partial charge < -0.3 is 9.80 Å². The van der Waals surface area contributed by atoms with Gasteiger partial charge in [0, 0.05) is 55.4 Å². The highest BCUT2D eigenvalue weighted by atomic mass is 35.5. The predicted octanol–water partition coefficient (Wildman–Crippen LogP) is 3.00. The summed E-state index contributed by atoms with van der Waals surface area (Å²) in [5, 5.41) is 0.477. The fourth-order valence-corrected chi connectivity index (χ4v) is 5.48. The first kappa shape index (κ1) is 21.8. The Labute approximate surface area is 187 Å². The largest absolute Gasteiger partial charge is 0.336 e. The van der Waals surface area contributed by atoms with Gasteiger partial charge in [0.1, 0.15) is 0 Å². The molecule has 0 aliphatic carbocycles. The number of hydrogen-bond donors (Lipinski definition) is 0. The van der Waals surface area contributed by atoms with Crippen LogP contribution in [0.25, 0.3) is 0 Å². The van der Waals surface area contributed by atoms with Crippen LogP contribution in [0.15, 0.2) is 53.4 Å². The first-order valence-corrected chi connectivity index (χ1v) is 12.1. The minimum atomic E-state index is -3.62. The van der Waals surface area contributed by atoms with E-state index in [-0.39, 0.29) is 29.8 Å². The minimum absolute atomic E-state index is 0.114. The van der Waals surface area contributed by atoms with Gasteiger partial charge in [-0.2, -0.15) is 4.31 Å². The van der Waals surface area contributed by atoms with Crippen LogP contribution in [0.2, 0.25) is 5.02 Å².